The smallest absolute Gasteiger partial charge is 0.311 e. The van der Waals surface area contributed by atoms with Gasteiger partial charge in [0, 0.05) is 38.2 Å². The minimum atomic E-state index is -1.66. The molecule has 0 spiro atoms. The normalized spacial score (nSPS) is 38.3. The number of rotatable bonds is 7. The Morgan fingerprint density at radius 2 is 1.51 bits per heavy atom. The maximum atomic E-state index is 13.4. The summed E-state index contributed by atoms with van der Waals surface area (Å²) in [6, 6.07) is -0.0597. The Morgan fingerprint density at radius 1 is 0.980 bits per heavy atom. The Labute approximate surface area is 314 Å². The molecule has 51 heavy (non-hydrogen) atoms. The fourth-order valence-electron chi connectivity index (χ4n) is 8.22. The molecule has 2 aliphatic rings. The summed E-state index contributed by atoms with van der Waals surface area (Å²) in [7, 11) is 6.55. The highest BCUT2D eigenvalue weighted by Gasteiger charge is 2.47. The van der Waals surface area contributed by atoms with Gasteiger partial charge in [-0.25, -0.2) is 0 Å². The number of hydrogen-bond donors (Lipinski definition) is 6. The molecule has 308 valence electrons. The molecule has 2 saturated heterocycles. The molecule has 0 aromatic heterocycles. The summed E-state index contributed by atoms with van der Waals surface area (Å²) in [5.41, 5.74) is 2.84. The second-order valence-electron chi connectivity index (χ2n) is 14.6. The van der Waals surface area contributed by atoms with E-state index in [-0.39, 0.29) is 42.6 Å². The topological polar surface area (TPSA) is 169 Å². The van der Waals surface area contributed by atoms with Crippen LogP contribution in [-0.4, -0.2) is 137 Å². The monoisotopic (exact) mass is 736 g/mol. The van der Waals surface area contributed by atoms with Gasteiger partial charge >= 0.3 is 5.97 Å². The molecule has 0 bridgehead atoms. The van der Waals surface area contributed by atoms with Crippen LogP contribution in [0.25, 0.3) is 0 Å². The van der Waals surface area contributed by atoms with Crippen molar-refractivity contribution < 1.29 is 39.8 Å². The highest BCUT2D eigenvalue weighted by molar-refractivity contribution is 5.73. The van der Waals surface area contributed by atoms with Crippen molar-refractivity contribution in [1.29, 1.82) is 0 Å². The summed E-state index contributed by atoms with van der Waals surface area (Å²) >= 11 is 0. The van der Waals surface area contributed by atoms with Gasteiger partial charge in [0.15, 0.2) is 0 Å². The van der Waals surface area contributed by atoms with Crippen molar-refractivity contribution in [2.45, 2.75) is 156 Å². The van der Waals surface area contributed by atoms with Crippen molar-refractivity contribution in [1.82, 2.24) is 9.80 Å². The molecule has 0 amide bonds. The fourth-order valence-corrected chi connectivity index (χ4v) is 8.22. The van der Waals surface area contributed by atoms with Crippen molar-refractivity contribution in [3.05, 3.63) is 13.2 Å². The number of likely N-dealkylation sites (N-methyl/N-ethyl adjacent to an activating group) is 2. The number of aliphatic hydroxyl groups excluding tert-OH is 4. The van der Waals surface area contributed by atoms with Gasteiger partial charge < -0.3 is 50.5 Å². The lowest BCUT2D eigenvalue weighted by Gasteiger charge is -2.47. The number of carbonyl (C=O) groups excluding carboxylic acids is 1. The number of carbonyl (C=O) groups is 1. The first-order valence-electron chi connectivity index (χ1n) is 19.5. The molecule has 14 atom stereocenters. The fraction of sp³-hybridized carbons (Fsp3) is 0.925. The molecule has 2 rings (SSSR count). The Bertz CT molecular complexity index is 868. The molecular formula is C40H85N3O8. The number of hydrogen-bond acceptors (Lipinski definition) is 11. The van der Waals surface area contributed by atoms with E-state index in [1.807, 2.05) is 41.7 Å². The van der Waals surface area contributed by atoms with Gasteiger partial charge in [0.25, 0.3) is 0 Å². The van der Waals surface area contributed by atoms with Gasteiger partial charge in [-0.05, 0) is 105 Å². The zero-order valence-electron chi connectivity index (χ0n) is 35.5. The zero-order chi connectivity index (χ0) is 40.8. The number of cyclic esters (lactones) is 1. The van der Waals surface area contributed by atoms with Crippen LogP contribution in [0, 0.1) is 35.5 Å². The second-order valence-corrected chi connectivity index (χ2v) is 14.6. The van der Waals surface area contributed by atoms with Crippen molar-refractivity contribution in [2.75, 3.05) is 47.9 Å². The molecule has 11 nitrogen and oxygen atoms in total. The molecule has 0 radical (unpaired) electrons. The van der Waals surface area contributed by atoms with Crippen LogP contribution in [0.15, 0.2) is 13.2 Å². The highest BCUT2D eigenvalue weighted by atomic mass is 16.6. The lowest BCUT2D eigenvalue weighted by molar-refractivity contribution is -0.192. The zero-order valence-corrected chi connectivity index (χ0v) is 35.5. The molecule has 2 fully saturated rings. The summed E-state index contributed by atoms with van der Waals surface area (Å²) < 4.78 is 12.5. The molecule has 2 heterocycles. The maximum Gasteiger partial charge on any atom is 0.311 e. The standard InChI is InChI=1S/C34H66N2O7.C2H6.C2H4.CH5N.CH4O/c1-12-26-28(35(10)14-15-37)17-22(5)42-29(26)18-27-21(4)16-20(3)19-36(11)25(8)32(39)34(9,41)30(13-2)43-33(40)24(7)31(38)23(27)6;4*1-2/h20-32,37-39,41H,12-19H2,1-11H3;1-2H3;1-2H2;2H2,1H3;2H,1H3/t20-,21+,22-,23-,24-,25-,26+,27+,28-,29+,30-,31+,32-,34-;;;;/m1..../s1. The van der Waals surface area contributed by atoms with E-state index in [0.29, 0.717) is 30.8 Å². The minimum absolute atomic E-state index is 0.000878. The van der Waals surface area contributed by atoms with Gasteiger partial charge in [-0.3, -0.25) is 4.79 Å². The summed E-state index contributed by atoms with van der Waals surface area (Å²) in [5, 5.41) is 51.0. The lowest BCUT2D eigenvalue weighted by Crippen LogP contribution is -2.59. The summed E-state index contributed by atoms with van der Waals surface area (Å²) in [4.78, 5) is 17.8. The van der Waals surface area contributed by atoms with Gasteiger partial charge in [0.2, 0.25) is 0 Å². The lowest BCUT2D eigenvalue weighted by atomic mass is 9.69. The predicted molar refractivity (Wildman–Crippen MR) is 211 cm³/mol. The van der Waals surface area contributed by atoms with Crippen LogP contribution in [0.4, 0.5) is 0 Å². The summed E-state index contributed by atoms with van der Waals surface area (Å²) in [5.74, 6) is -0.652. The highest BCUT2D eigenvalue weighted by Crippen LogP contribution is 2.41. The van der Waals surface area contributed by atoms with Gasteiger partial charge in [-0.15, -0.1) is 13.2 Å². The van der Waals surface area contributed by atoms with Crippen molar-refractivity contribution >= 4 is 5.97 Å². The molecule has 0 aliphatic carbocycles. The average molecular weight is 736 g/mol. The number of ether oxygens (including phenoxy) is 2. The number of aliphatic hydroxyl groups is 5. The van der Waals surface area contributed by atoms with Gasteiger partial charge in [-0.1, -0.05) is 48.5 Å². The van der Waals surface area contributed by atoms with E-state index in [1.165, 1.54) is 14.0 Å². The second kappa shape index (κ2) is 28.3. The minimum Gasteiger partial charge on any atom is -0.459 e. The van der Waals surface area contributed by atoms with E-state index in [1.54, 1.807) is 6.92 Å². The van der Waals surface area contributed by atoms with E-state index < -0.39 is 35.8 Å². The Hall–Kier alpha value is -1.15. The van der Waals surface area contributed by atoms with Crippen molar-refractivity contribution in [2.24, 2.45) is 41.2 Å². The van der Waals surface area contributed by atoms with Crippen LogP contribution in [0.3, 0.4) is 0 Å². The number of nitrogens with zero attached hydrogens (tertiary/aromatic N) is 2. The number of nitrogens with two attached hydrogens (primary N) is 1. The van der Waals surface area contributed by atoms with Crippen molar-refractivity contribution in [3.63, 3.8) is 0 Å². The largest absolute Gasteiger partial charge is 0.459 e. The predicted octanol–water partition coefficient (Wildman–Crippen LogP) is 4.56. The maximum absolute atomic E-state index is 13.4. The first-order valence-corrected chi connectivity index (χ1v) is 19.5. The molecule has 2 aliphatic heterocycles. The SMILES string of the molecule is C=C.CC.CC[C@@H]1[C@H](C[C@@H]2[C@@H](C)[C@H](O)[C@@H](C)C(=O)O[C@H](CC)[C@@](C)(O)[C@H](O)[C@@H](C)N(C)C[C@H](C)C[C@@H]2C)O[C@H](C)C[C@H]1N(C)CCO.CN.CO. The first kappa shape index (κ1) is 54.2. The molecule has 0 saturated carbocycles. The third-order valence-corrected chi connectivity index (χ3v) is 11.2. The average Bonchev–Trinajstić information content (AvgIpc) is 3.13. The van der Waals surface area contributed by atoms with Crippen LogP contribution < -0.4 is 5.73 Å². The summed E-state index contributed by atoms with van der Waals surface area (Å²) in [6.45, 7) is 29.3. The van der Waals surface area contributed by atoms with Crippen molar-refractivity contribution in [3.8, 4) is 0 Å². The Kier molecular flexibility index (Phi) is 30.1. The van der Waals surface area contributed by atoms with Gasteiger partial charge in [0.05, 0.1) is 30.8 Å². The van der Waals surface area contributed by atoms with E-state index in [0.717, 1.165) is 39.3 Å². The molecule has 0 aromatic carbocycles. The van der Waals surface area contributed by atoms with Crippen LogP contribution >= 0.6 is 0 Å². The Morgan fingerprint density at radius 3 is 1.98 bits per heavy atom. The van der Waals surface area contributed by atoms with Gasteiger partial charge in [0.1, 0.15) is 17.8 Å². The van der Waals surface area contributed by atoms with Gasteiger partial charge in [-0.2, -0.15) is 0 Å². The van der Waals surface area contributed by atoms with Crippen LogP contribution in [0.1, 0.15) is 108 Å². The number of esters is 1. The molecule has 0 aromatic rings. The molecule has 0 unspecified atom stereocenters. The quantitative estimate of drug-likeness (QED) is 0.160. The van der Waals surface area contributed by atoms with E-state index >= 15 is 0 Å². The third-order valence-electron chi connectivity index (χ3n) is 11.2. The van der Waals surface area contributed by atoms with E-state index in [9.17, 15) is 25.2 Å². The third kappa shape index (κ3) is 16.0. The molecular weight excluding hydrogens is 650 g/mol. The van der Waals surface area contributed by atoms with Crippen LogP contribution in [0.5, 0.6) is 0 Å². The Balaban J connectivity index is -0.00000268. The summed E-state index contributed by atoms with van der Waals surface area (Å²) in [6.07, 6.45) is 0.996. The van der Waals surface area contributed by atoms with Crippen LogP contribution in [-0.2, 0) is 14.3 Å². The van der Waals surface area contributed by atoms with E-state index in [2.05, 4.69) is 63.4 Å². The molecule has 11 heteroatoms. The first-order chi connectivity index (χ1) is 24.0. The van der Waals surface area contributed by atoms with Crippen LogP contribution in [0.2, 0.25) is 0 Å². The molecule has 7 N–H and O–H groups in total. The van der Waals surface area contributed by atoms with E-state index in [4.69, 9.17) is 14.6 Å².